The second kappa shape index (κ2) is 7.48. The van der Waals surface area contributed by atoms with Crippen LogP contribution in [-0.4, -0.2) is 44.4 Å². The molecule has 27 heavy (non-hydrogen) atoms. The highest BCUT2D eigenvalue weighted by Gasteiger charge is 2.28. The summed E-state index contributed by atoms with van der Waals surface area (Å²) in [6.07, 6.45) is 5.67. The second-order valence-electron chi connectivity index (χ2n) is 7.13. The molecule has 4 heterocycles. The number of pyridine rings is 2. The minimum absolute atomic E-state index is 0.0248. The molecule has 4 rings (SSSR count). The predicted molar refractivity (Wildman–Crippen MR) is 103 cm³/mol. The summed E-state index contributed by atoms with van der Waals surface area (Å²) in [5, 5.41) is 0. The van der Waals surface area contributed by atoms with Crippen molar-refractivity contribution in [2.45, 2.75) is 39.4 Å². The number of fused-ring (bicyclic) bond motifs is 1. The molecule has 3 aromatic rings. The Morgan fingerprint density at radius 1 is 1.26 bits per heavy atom. The van der Waals surface area contributed by atoms with E-state index in [1.165, 1.54) is 0 Å². The Bertz CT molecular complexity index is 951. The molecule has 1 atom stereocenters. The van der Waals surface area contributed by atoms with Crippen LogP contribution in [-0.2, 0) is 11.3 Å². The van der Waals surface area contributed by atoms with E-state index >= 15 is 0 Å². The Morgan fingerprint density at radius 3 is 2.96 bits per heavy atom. The molecule has 0 unspecified atom stereocenters. The van der Waals surface area contributed by atoms with Crippen LogP contribution in [0.3, 0.4) is 0 Å². The van der Waals surface area contributed by atoms with Crippen LogP contribution >= 0.6 is 0 Å². The van der Waals surface area contributed by atoms with Gasteiger partial charge in [0.15, 0.2) is 0 Å². The van der Waals surface area contributed by atoms with Crippen LogP contribution in [0.1, 0.15) is 40.3 Å². The van der Waals surface area contributed by atoms with Crippen LogP contribution in [0.15, 0.2) is 42.7 Å². The topological polar surface area (TPSA) is 59.7 Å². The molecule has 0 bridgehead atoms. The van der Waals surface area contributed by atoms with E-state index in [1.807, 2.05) is 59.7 Å². The van der Waals surface area contributed by atoms with Crippen molar-refractivity contribution in [3.05, 3.63) is 65.4 Å². The predicted octanol–water partition coefficient (Wildman–Crippen LogP) is 3.17. The molecule has 1 saturated heterocycles. The van der Waals surface area contributed by atoms with Crippen molar-refractivity contribution < 1.29 is 9.53 Å². The summed E-state index contributed by atoms with van der Waals surface area (Å²) in [5.41, 5.74) is 4.24. The second-order valence-corrected chi connectivity index (χ2v) is 7.13. The number of aromatic nitrogens is 3. The fourth-order valence-corrected chi connectivity index (χ4v) is 3.62. The quantitative estimate of drug-likeness (QED) is 0.713. The molecule has 0 aromatic carbocycles. The van der Waals surface area contributed by atoms with Crippen molar-refractivity contribution in [3.63, 3.8) is 0 Å². The highest BCUT2D eigenvalue weighted by molar-refractivity contribution is 5.94. The van der Waals surface area contributed by atoms with Gasteiger partial charge in [0.2, 0.25) is 0 Å². The number of carbonyl (C=O) groups is 1. The van der Waals surface area contributed by atoms with Crippen LogP contribution in [0.25, 0.3) is 5.65 Å². The lowest BCUT2D eigenvalue weighted by atomic mass is 10.1. The molecule has 0 spiro atoms. The molecule has 1 aliphatic heterocycles. The van der Waals surface area contributed by atoms with Crippen molar-refractivity contribution in [1.29, 1.82) is 0 Å². The van der Waals surface area contributed by atoms with E-state index in [1.54, 1.807) is 6.20 Å². The SMILES string of the molecule is Cc1ccc2nc(C)c(C(=O)N3CCC[C@@H](OCc4ccccn4)C3)n2c1. The summed E-state index contributed by atoms with van der Waals surface area (Å²) in [6, 6.07) is 9.77. The molecule has 1 aliphatic rings. The van der Waals surface area contributed by atoms with Crippen LogP contribution < -0.4 is 0 Å². The molecule has 140 valence electrons. The van der Waals surface area contributed by atoms with Crippen molar-refractivity contribution in [1.82, 2.24) is 19.3 Å². The number of hydrogen-bond donors (Lipinski definition) is 0. The number of amides is 1. The molecule has 3 aromatic heterocycles. The summed E-state index contributed by atoms with van der Waals surface area (Å²) in [6.45, 7) is 5.74. The first kappa shape index (κ1) is 17.7. The first-order valence-electron chi connectivity index (χ1n) is 9.38. The zero-order valence-corrected chi connectivity index (χ0v) is 15.8. The number of piperidine rings is 1. The Hall–Kier alpha value is -2.73. The standard InChI is InChI=1S/C21H24N4O2/c1-15-8-9-19-23-16(2)20(25(19)12-15)21(26)24-11-5-7-18(13-24)27-14-17-6-3-4-10-22-17/h3-4,6,8-10,12,18H,5,7,11,13-14H2,1-2H3/t18-/m1/s1. The minimum Gasteiger partial charge on any atom is -0.370 e. The zero-order chi connectivity index (χ0) is 18.8. The van der Waals surface area contributed by atoms with Crippen LogP contribution in [0.4, 0.5) is 0 Å². The number of hydrogen-bond acceptors (Lipinski definition) is 4. The number of imidazole rings is 1. The maximum atomic E-state index is 13.2. The van der Waals surface area contributed by atoms with Gasteiger partial charge in [-0.2, -0.15) is 0 Å². The van der Waals surface area contributed by atoms with Crippen molar-refractivity contribution in [2.75, 3.05) is 13.1 Å². The average Bonchev–Trinajstić information content (AvgIpc) is 3.02. The van der Waals surface area contributed by atoms with Gasteiger partial charge < -0.3 is 9.64 Å². The number of carbonyl (C=O) groups excluding carboxylic acids is 1. The van der Waals surface area contributed by atoms with E-state index in [9.17, 15) is 4.79 Å². The Balaban J connectivity index is 1.49. The van der Waals surface area contributed by atoms with Gasteiger partial charge in [0.05, 0.1) is 24.1 Å². The molecule has 6 nitrogen and oxygen atoms in total. The Morgan fingerprint density at radius 2 is 2.15 bits per heavy atom. The van der Waals surface area contributed by atoms with Gasteiger partial charge >= 0.3 is 0 Å². The van der Waals surface area contributed by atoms with Crippen molar-refractivity contribution >= 4 is 11.6 Å². The van der Waals surface area contributed by atoms with Crippen LogP contribution in [0, 0.1) is 13.8 Å². The molecular weight excluding hydrogens is 340 g/mol. The van der Waals surface area contributed by atoms with E-state index in [4.69, 9.17) is 4.74 Å². The van der Waals surface area contributed by atoms with E-state index in [0.29, 0.717) is 18.8 Å². The first-order valence-corrected chi connectivity index (χ1v) is 9.38. The lowest BCUT2D eigenvalue weighted by Gasteiger charge is -2.32. The molecule has 0 N–H and O–H groups in total. The van der Waals surface area contributed by atoms with E-state index in [-0.39, 0.29) is 12.0 Å². The highest BCUT2D eigenvalue weighted by Crippen LogP contribution is 2.20. The molecular formula is C21H24N4O2. The Labute approximate surface area is 158 Å². The van der Waals surface area contributed by atoms with Gasteiger partial charge in [-0.05, 0) is 50.5 Å². The largest absolute Gasteiger partial charge is 0.370 e. The molecule has 1 fully saturated rings. The molecule has 6 heteroatoms. The number of rotatable bonds is 4. The number of likely N-dealkylation sites (tertiary alicyclic amines) is 1. The lowest BCUT2D eigenvalue weighted by molar-refractivity contribution is -0.00806. The zero-order valence-electron chi connectivity index (χ0n) is 15.8. The third kappa shape index (κ3) is 3.71. The van der Waals surface area contributed by atoms with Gasteiger partial charge in [0.1, 0.15) is 11.3 Å². The molecule has 1 amide bonds. The summed E-state index contributed by atoms with van der Waals surface area (Å²) in [4.78, 5) is 24.0. The van der Waals surface area contributed by atoms with Gasteiger partial charge in [-0.3, -0.25) is 14.2 Å². The van der Waals surface area contributed by atoms with Crippen LogP contribution in [0.5, 0.6) is 0 Å². The molecule has 0 saturated carbocycles. The number of aryl methyl sites for hydroxylation is 2. The third-order valence-corrected chi connectivity index (χ3v) is 5.00. The summed E-state index contributed by atoms with van der Waals surface area (Å²) in [5.74, 6) is 0.0248. The van der Waals surface area contributed by atoms with Gasteiger partial charge in [-0.15, -0.1) is 0 Å². The lowest BCUT2D eigenvalue weighted by Crippen LogP contribution is -2.43. The van der Waals surface area contributed by atoms with E-state index < -0.39 is 0 Å². The highest BCUT2D eigenvalue weighted by atomic mass is 16.5. The fourth-order valence-electron chi connectivity index (χ4n) is 3.62. The van der Waals surface area contributed by atoms with Gasteiger partial charge in [0, 0.05) is 25.5 Å². The number of ether oxygens (including phenoxy) is 1. The van der Waals surface area contributed by atoms with Gasteiger partial charge in [-0.25, -0.2) is 4.98 Å². The maximum absolute atomic E-state index is 13.2. The van der Waals surface area contributed by atoms with E-state index in [0.717, 1.165) is 42.0 Å². The first-order chi connectivity index (χ1) is 13.1. The smallest absolute Gasteiger partial charge is 0.272 e. The van der Waals surface area contributed by atoms with Crippen molar-refractivity contribution in [2.24, 2.45) is 0 Å². The summed E-state index contributed by atoms with van der Waals surface area (Å²) < 4.78 is 7.93. The molecule has 0 aliphatic carbocycles. The monoisotopic (exact) mass is 364 g/mol. The van der Waals surface area contributed by atoms with Crippen LogP contribution in [0.2, 0.25) is 0 Å². The summed E-state index contributed by atoms with van der Waals surface area (Å²) >= 11 is 0. The molecule has 0 radical (unpaired) electrons. The Kier molecular flexibility index (Phi) is 4.90. The van der Waals surface area contributed by atoms with E-state index in [2.05, 4.69) is 9.97 Å². The normalized spacial score (nSPS) is 17.4. The summed E-state index contributed by atoms with van der Waals surface area (Å²) in [7, 11) is 0. The minimum atomic E-state index is 0.0248. The van der Waals surface area contributed by atoms with Crippen molar-refractivity contribution in [3.8, 4) is 0 Å². The van der Waals surface area contributed by atoms with Gasteiger partial charge in [0.25, 0.3) is 5.91 Å². The third-order valence-electron chi connectivity index (χ3n) is 5.00. The number of nitrogens with zero attached hydrogens (tertiary/aromatic N) is 4. The fraction of sp³-hybridized carbons (Fsp3) is 0.381. The van der Waals surface area contributed by atoms with Gasteiger partial charge in [-0.1, -0.05) is 12.1 Å². The average molecular weight is 364 g/mol. The maximum Gasteiger partial charge on any atom is 0.272 e.